The lowest BCUT2D eigenvalue weighted by molar-refractivity contribution is -0.142. The minimum atomic E-state index is -1.06. The van der Waals surface area contributed by atoms with Gasteiger partial charge in [0.2, 0.25) is 0 Å². The Bertz CT molecular complexity index is 651. The molecule has 1 heterocycles. The van der Waals surface area contributed by atoms with Crippen molar-refractivity contribution in [1.82, 2.24) is 5.32 Å². The molecule has 0 radical (unpaired) electrons. The molecule has 2 rings (SSSR count). The van der Waals surface area contributed by atoms with E-state index in [0.29, 0.717) is 16.5 Å². The van der Waals surface area contributed by atoms with E-state index in [-0.39, 0.29) is 0 Å². The van der Waals surface area contributed by atoms with Gasteiger partial charge in [0.15, 0.2) is 0 Å². The molecule has 0 saturated heterocycles. The molecule has 106 valence electrons. The average molecular weight is 275 g/mol. The molecular weight excluding hydrogens is 258 g/mol. The molecule has 5 nitrogen and oxygen atoms in total. The van der Waals surface area contributed by atoms with Gasteiger partial charge in [0, 0.05) is 5.39 Å². The van der Waals surface area contributed by atoms with E-state index in [1.54, 1.807) is 39.0 Å². The second kappa shape index (κ2) is 5.00. The zero-order valence-corrected chi connectivity index (χ0v) is 11.6. The summed E-state index contributed by atoms with van der Waals surface area (Å²) in [5, 5.41) is 12.5. The van der Waals surface area contributed by atoms with Crippen LogP contribution in [-0.4, -0.2) is 23.0 Å². The predicted octanol–water partition coefficient (Wildman–Crippen LogP) is 2.66. The van der Waals surface area contributed by atoms with Crippen molar-refractivity contribution in [2.45, 2.75) is 26.8 Å². The van der Waals surface area contributed by atoms with Gasteiger partial charge >= 0.3 is 5.97 Å². The summed E-state index contributed by atoms with van der Waals surface area (Å²) in [5.74, 6) is -1.50. The Kier molecular flexibility index (Phi) is 3.53. The van der Waals surface area contributed by atoms with Crippen LogP contribution in [0.4, 0.5) is 0 Å². The summed E-state index contributed by atoms with van der Waals surface area (Å²) in [6, 6.07) is 6.16. The molecular formula is C15H17NO4. The highest BCUT2D eigenvalue weighted by Crippen LogP contribution is 2.23. The summed E-state index contributed by atoms with van der Waals surface area (Å²) in [6.45, 7) is 5.29. The molecule has 0 fully saturated rings. The van der Waals surface area contributed by atoms with E-state index < -0.39 is 23.3 Å². The standard InChI is InChI=1S/C15H17NO4/c1-15(2,3)12(14(18)19)16-13(17)10-8-20-11-7-5-4-6-9(10)11/h4-8,12H,1-3H3,(H,16,17)(H,18,19). The summed E-state index contributed by atoms with van der Waals surface area (Å²) in [4.78, 5) is 23.5. The fourth-order valence-corrected chi connectivity index (χ4v) is 2.01. The third kappa shape index (κ3) is 2.66. The van der Waals surface area contributed by atoms with Crippen LogP contribution < -0.4 is 5.32 Å². The Labute approximate surface area is 116 Å². The minimum Gasteiger partial charge on any atom is -0.480 e. The highest BCUT2D eigenvalue weighted by molar-refractivity contribution is 6.06. The summed E-state index contributed by atoms with van der Waals surface area (Å²) in [6.07, 6.45) is 1.35. The van der Waals surface area contributed by atoms with Crippen LogP contribution in [0.5, 0.6) is 0 Å². The fraction of sp³-hybridized carbons (Fsp3) is 0.333. The van der Waals surface area contributed by atoms with Gasteiger partial charge < -0.3 is 14.8 Å². The number of aliphatic carboxylic acids is 1. The Morgan fingerprint density at radius 1 is 1.25 bits per heavy atom. The smallest absolute Gasteiger partial charge is 0.326 e. The highest BCUT2D eigenvalue weighted by atomic mass is 16.4. The molecule has 5 heteroatoms. The number of furan rings is 1. The Morgan fingerprint density at radius 2 is 1.90 bits per heavy atom. The number of hydrogen-bond acceptors (Lipinski definition) is 3. The van der Waals surface area contributed by atoms with Gasteiger partial charge in [-0.05, 0) is 11.5 Å². The van der Waals surface area contributed by atoms with Crippen molar-refractivity contribution in [2.75, 3.05) is 0 Å². The van der Waals surface area contributed by atoms with Crippen LogP contribution in [0, 0.1) is 5.41 Å². The molecule has 1 aromatic heterocycles. The van der Waals surface area contributed by atoms with Gasteiger partial charge in [-0.25, -0.2) is 4.79 Å². The van der Waals surface area contributed by atoms with Gasteiger partial charge in [-0.1, -0.05) is 39.0 Å². The number of para-hydroxylation sites is 1. The molecule has 0 aliphatic rings. The predicted molar refractivity (Wildman–Crippen MR) is 74.6 cm³/mol. The molecule has 1 aromatic carbocycles. The molecule has 0 spiro atoms. The lowest BCUT2D eigenvalue weighted by atomic mass is 9.86. The van der Waals surface area contributed by atoms with Gasteiger partial charge in [-0.15, -0.1) is 0 Å². The van der Waals surface area contributed by atoms with E-state index >= 15 is 0 Å². The summed E-state index contributed by atoms with van der Waals surface area (Å²) in [5.41, 5.74) is 0.359. The Hall–Kier alpha value is -2.30. The van der Waals surface area contributed by atoms with Crippen LogP contribution in [0.2, 0.25) is 0 Å². The number of hydrogen-bond donors (Lipinski definition) is 2. The third-order valence-corrected chi connectivity index (χ3v) is 3.11. The van der Waals surface area contributed by atoms with Crippen molar-refractivity contribution in [2.24, 2.45) is 5.41 Å². The first-order valence-corrected chi connectivity index (χ1v) is 6.30. The lowest BCUT2D eigenvalue weighted by Gasteiger charge is -2.27. The first kappa shape index (κ1) is 14.1. The number of carbonyl (C=O) groups excluding carboxylic acids is 1. The monoisotopic (exact) mass is 275 g/mol. The third-order valence-electron chi connectivity index (χ3n) is 3.11. The number of benzene rings is 1. The van der Waals surface area contributed by atoms with Crippen molar-refractivity contribution in [3.63, 3.8) is 0 Å². The van der Waals surface area contributed by atoms with Gasteiger partial charge in [0.1, 0.15) is 17.9 Å². The molecule has 1 unspecified atom stereocenters. The van der Waals surface area contributed by atoms with Crippen LogP contribution in [0.1, 0.15) is 31.1 Å². The average Bonchev–Trinajstić information content (AvgIpc) is 2.77. The maximum Gasteiger partial charge on any atom is 0.326 e. The van der Waals surface area contributed by atoms with E-state index in [1.807, 2.05) is 6.07 Å². The van der Waals surface area contributed by atoms with Crippen molar-refractivity contribution >= 4 is 22.8 Å². The van der Waals surface area contributed by atoms with Crippen molar-refractivity contribution < 1.29 is 19.1 Å². The van der Waals surface area contributed by atoms with Crippen molar-refractivity contribution in [3.05, 3.63) is 36.1 Å². The van der Waals surface area contributed by atoms with Crippen molar-refractivity contribution in [1.29, 1.82) is 0 Å². The van der Waals surface area contributed by atoms with Crippen LogP contribution >= 0.6 is 0 Å². The van der Waals surface area contributed by atoms with E-state index in [1.165, 1.54) is 6.26 Å². The number of carboxylic acids is 1. The minimum absolute atomic E-state index is 0.344. The van der Waals surface area contributed by atoms with Crippen molar-refractivity contribution in [3.8, 4) is 0 Å². The number of nitrogens with one attached hydrogen (secondary N) is 1. The second-order valence-electron chi connectivity index (χ2n) is 5.76. The normalized spacial score (nSPS) is 13.2. The first-order valence-electron chi connectivity index (χ1n) is 6.30. The number of amides is 1. The van der Waals surface area contributed by atoms with Crippen LogP contribution in [0.3, 0.4) is 0 Å². The SMILES string of the molecule is CC(C)(C)C(NC(=O)c1coc2ccccc12)C(=O)O. The first-order chi connectivity index (χ1) is 9.30. The maximum atomic E-state index is 12.2. The number of fused-ring (bicyclic) bond motifs is 1. The molecule has 0 saturated carbocycles. The van der Waals surface area contributed by atoms with Gasteiger partial charge in [0.25, 0.3) is 5.91 Å². The van der Waals surface area contributed by atoms with Crippen LogP contribution in [0.25, 0.3) is 11.0 Å². The van der Waals surface area contributed by atoms with E-state index in [9.17, 15) is 14.7 Å². The van der Waals surface area contributed by atoms with Gasteiger partial charge in [-0.3, -0.25) is 4.79 Å². The Morgan fingerprint density at radius 3 is 2.50 bits per heavy atom. The number of carbonyl (C=O) groups is 2. The van der Waals surface area contributed by atoms with Crippen LogP contribution in [0.15, 0.2) is 34.9 Å². The number of rotatable bonds is 3. The zero-order chi connectivity index (χ0) is 14.9. The van der Waals surface area contributed by atoms with Crippen LogP contribution in [-0.2, 0) is 4.79 Å². The fourth-order valence-electron chi connectivity index (χ4n) is 2.01. The van der Waals surface area contributed by atoms with E-state index in [4.69, 9.17) is 4.42 Å². The molecule has 2 aromatic rings. The van der Waals surface area contributed by atoms with Gasteiger partial charge in [-0.2, -0.15) is 0 Å². The molecule has 1 atom stereocenters. The van der Waals surface area contributed by atoms with E-state index in [0.717, 1.165) is 0 Å². The molecule has 0 aliphatic heterocycles. The quantitative estimate of drug-likeness (QED) is 0.902. The highest BCUT2D eigenvalue weighted by Gasteiger charge is 2.33. The zero-order valence-electron chi connectivity index (χ0n) is 11.6. The Balaban J connectivity index is 2.30. The summed E-state index contributed by atoms with van der Waals surface area (Å²) >= 11 is 0. The maximum absolute atomic E-state index is 12.2. The molecule has 2 N–H and O–H groups in total. The molecule has 0 bridgehead atoms. The molecule has 1 amide bonds. The summed E-state index contributed by atoms with van der Waals surface area (Å²) in [7, 11) is 0. The molecule has 0 aliphatic carbocycles. The molecule has 20 heavy (non-hydrogen) atoms. The topological polar surface area (TPSA) is 79.5 Å². The second-order valence-corrected chi connectivity index (χ2v) is 5.76. The summed E-state index contributed by atoms with van der Waals surface area (Å²) < 4.78 is 5.29. The lowest BCUT2D eigenvalue weighted by Crippen LogP contribution is -2.49. The van der Waals surface area contributed by atoms with E-state index in [2.05, 4.69) is 5.32 Å². The van der Waals surface area contributed by atoms with Gasteiger partial charge in [0.05, 0.1) is 5.56 Å². The largest absolute Gasteiger partial charge is 0.480 e. The number of carboxylic acid groups (broad SMARTS) is 1.